The van der Waals surface area contributed by atoms with Crippen molar-refractivity contribution >= 4 is 23.8 Å². The van der Waals surface area contributed by atoms with Crippen LogP contribution >= 0.6 is 0 Å². The smallest absolute Gasteiger partial charge is 0.251 e. The Labute approximate surface area is 226 Å². The van der Waals surface area contributed by atoms with Gasteiger partial charge in [-0.2, -0.15) is 15.0 Å². The number of carbonyl (C=O) groups excluding carboxylic acids is 1. The number of aliphatic hydroxyl groups is 1. The number of fused-ring (bicyclic) bond motifs is 1. The Bertz CT molecular complexity index is 1180. The number of nitrogens with one attached hydrogen (secondary N) is 4. The Hall–Kier alpha value is -4.20. The van der Waals surface area contributed by atoms with Crippen molar-refractivity contribution in [2.24, 2.45) is 0 Å². The lowest BCUT2D eigenvalue weighted by Gasteiger charge is -2.11. The first-order chi connectivity index (χ1) is 19.2. The molecule has 2 heterocycles. The molecule has 208 valence electrons. The maximum atomic E-state index is 12.0. The molecule has 0 bridgehead atoms. The molecule has 0 unspecified atom stereocenters. The van der Waals surface area contributed by atoms with Gasteiger partial charge < -0.3 is 45.3 Å². The van der Waals surface area contributed by atoms with E-state index in [9.17, 15) is 4.79 Å². The third-order valence-corrected chi connectivity index (χ3v) is 5.39. The average molecular weight is 540 g/mol. The minimum atomic E-state index is -0.124. The number of nitrogens with zero attached hydrogens (tertiary/aromatic N) is 3. The van der Waals surface area contributed by atoms with Crippen LogP contribution in [0.4, 0.5) is 17.8 Å². The van der Waals surface area contributed by atoms with Crippen LogP contribution in [-0.4, -0.2) is 85.4 Å². The minimum absolute atomic E-state index is 0.0519. The molecule has 0 radical (unpaired) electrons. The molecule has 13 heteroatoms. The third kappa shape index (κ3) is 9.25. The van der Waals surface area contributed by atoms with E-state index in [1.807, 2.05) is 36.4 Å². The normalized spacial score (nSPS) is 11.7. The molecular formula is C26H33N7O6. The van der Waals surface area contributed by atoms with E-state index in [0.29, 0.717) is 81.8 Å². The SMILES string of the molecule is O=C(NCCOCCOCCNc1nc(NCCO)nc(NCc2ccc3c(c2)OCO3)n1)c1ccccc1. The zero-order chi connectivity index (χ0) is 27.1. The number of ether oxygens (including phenoxy) is 4. The van der Waals surface area contributed by atoms with Crippen LogP contribution in [0, 0.1) is 0 Å². The van der Waals surface area contributed by atoms with Crippen molar-refractivity contribution in [2.45, 2.75) is 6.54 Å². The average Bonchev–Trinajstić information content (AvgIpc) is 3.44. The summed E-state index contributed by atoms with van der Waals surface area (Å²) >= 11 is 0. The molecule has 0 spiro atoms. The molecule has 1 aliphatic heterocycles. The molecule has 5 N–H and O–H groups in total. The molecule has 0 saturated heterocycles. The van der Waals surface area contributed by atoms with E-state index in [-0.39, 0.29) is 19.3 Å². The van der Waals surface area contributed by atoms with E-state index in [1.54, 1.807) is 12.1 Å². The number of rotatable bonds is 17. The number of carbonyl (C=O) groups is 1. The molecule has 1 amide bonds. The summed E-state index contributed by atoms with van der Waals surface area (Å²) in [4.78, 5) is 25.1. The van der Waals surface area contributed by atoms with Crippen LogP contribution in [0.25, 0.3) is 0 Å². The molecule has 1 aromatic heterocycles. The van der Waals surface area contributed by atoms with Gasteiger partial charge in [-0.05, 0) is 29.8 Å². The van der Waals surface area contributed by atoms with Gasteiger partial charge in [0, 0.05) is 31.7 Å². The summed E-state index contributed by atoms with van der Waals surface area (Å²) in [5.41, 5.74) is 1.60. The summed E-state index contributed by atoms with van der Waals surface area (Å²) in [5.74, 6) is 2.39. The molecule has 3 aromatic rings. The van der Waals surface area contributed by atoms with Crippen LogP contribution in [0.2, 0.25) is 0 Å². The second-order valence-electron chi connectivity index (χ2n) is 8.27. The molecule has 2 aromatic carbocycles. The Balaban J connectivity index is 1.13. The highest BCUT2D eigenvalue weighted by molar-refractivity contribution is 5.94. The quantitative estimate of drug-likeness (QED) is 0.157. The summed E-state index contributed by atoms with van der Waals surface area (Å²) in [7, 11) is 0. The fourth-order valence-corrected chi connectivity index (χ4v) is 3.50. The number of aliphatic hydroxyl groups excluding tert-OH is 1. The lowest BCUT2D eigenvalue weighted by atomic mass is 10.2. The van der Waals surface area contributed by atoms with E-state index in [4.69, 9.17) is 24.1 Å². The van der Waals surface area contributed by atoms with Crippen LogP contribution < -0.4 is 30.7 Å². The molecule has 13 nitrogen and oxygen atoms in total. The van der Waals surface area contributed by atoms with Crippen LogP contribution in [0.5, 0.6) is 11.5 Å². The highest BCUT2D eigenvalue weighted by Crippen LogP contribution is 2.32. The third-order valence-electron chi connectivity index (χ3n) is 5.39. The lowest BCUT2D eigenvalue weighted by Crippen LogP contribution is -2.27. The first kappa shape index (κ1) is 27.8. The lowest BCUT2D eigenvalue weighted by molar-refractivity contribution is 0.0519. The monoisotopic (exact) mass is 539 g/mol. The number of anilines is 3. The van der Waals surface area contributed by atoms with Gasteiger partial charge in [0.2, 0.25) is 24.6 Å². The topological polar surface area (TPSA) is 161 Å². The van der Waals surface area contributed by atoms with Gasteiger partial charge in [0.05, 0.1) is 33.0 Å². The predicted molar refractivity (Wildman–Crippen MR) is 144 cm³/mol. The van der Waals surface area contributed by atoms with E-state index in [0.717, 1.165) is 11.3 Å². The summed E-state index contributed by atoms with van der Waals surface area (Å²) in [6.45, 7) is 3.49. The maximum absolute atomic E-state index is 12.0. The number of aromatic nitrogens is 3. The molecule has 4 rings (SSSR count). The van der Waals surface area contributed by atoms with Crippen LogP contribution in [0.15, 0.2) is 48.5 Å². The van der Waals surface area contributed by atoms with Gasteiger partial charge >= 0.3 is 0 Å². The first-order valence-electron chi connectivity index (χ1n) is 12.7. The highest BCUT2D eigenvalue weighted by Gasteiger charge is 2.13. The summed E-state index contributed by atoms with van der Waals surface area (Å²) < 4.78 is 21.9. The molecule has 0 fully saturated rings. The number of amides is 1. The van der Waals surface area contributed by atoms with Crippen LogP contribution in [-0.2, 0) is 16.0 Å². The van der Waals surface area contributed by atoms with E-state index < -0.39 is 0 Å². The van der Waals surface area contributed by atoms with Crippen molar-refractivity contribution in [2.75, 3.05) is 75.4 Å². The Morgan fingerprint density at radius 3 is 2.21 bits per heavy atom. The van der Waals surface area contributed by atoms with Crippen molar-refractivity contribution in [3.63, 3.8) is 0 Å². The fourth-order valence-electron chi connectivity index (χ4n) is 3.50. The van der Waals surface area contributed by atoms with Crippen LogP contribution in [0.1, 0.15) is 15.9 Å². The Morgan fingerprint density at radius 1 is 0.795 bits per heavy atom. The largest absolute Gasteiger partial charge is 0.454 e. The van der Waals surface area contributed by atoms with Crippen molar-refractivity contribution in [3.8, 4) is 11.5 Å². The molecule has 0 saturated carbocycles. The van der Waals surface area contributed by atoms with Crippen molar-refractivity contribution < 1.29 is 28.8 Å². The Kier molecular flexibility index (Phi) is 10.9. The predicted octanol–water partition coefficient (Wildman–Crippen LogP) is 1.49. The second-order valence-corrected chi connectivity index (χ2v) is 8.27. The molecule has 0 aliphatic carbocycles. The summed E-state index contributed by atoms with van der Waals surface area (Å²) in [6.07, 6.45) is 0. The minimum Gasteiger partial charge on any atom is -0.454 e. The van der Waals surface area contributed by atoms with Crippen LogP contribution in [0.3, 0.4) is 0 Å². The molecular weight excluding hydrogens is 506 g/mol. The Morgan fingerprint density at radius 2 is 1.46 bits per heavy atom. The summed E-state index contributed by atoms with van der Waals surface area (Å²) in [5, 5.41) is 21.2. The van der Waals surface area contributed by atoms with E-state index in [2.05, 4.69) is 36.2 Å². The van der Waals surface area contributed by atoms with Crippen molar-refractivity contribution in [1.29, 1.82) is 0 Å². The maximum Gasteiger partial charge on any atom is 0.251 e. The van der Waals surface area contributed by atoms with Crippen molar-refractivity contribution in [1.82, 2.24) is 20.3 Å². The summed E-state index contributed by atoms with van der Waals surface area (Å²) in [6, 6.07) is 14.7. The highest BCUT2D eigenvalue weighted by atomic mass is 16.7. The second kappa shape index (κ2) is 15.3. The standard InChI is InChI=1S/C26H33N7O6/c34-11-8-28-24-31-25(33-26(32-24)30-17-19-6-7-21-22(16-19)39-18-38-21)29-10-13-37-15-14-36-12-9-27-23(35)20-4-2-1-3-5-20/h1-7,16,34H,8-15,17-18H2,(H,27,35)(H3,28,29,30,31,32,33). The van der Waals surface area contributed by atoms with E-state index in [1.165, 1.54) is 0 Å². The zero-order valence-corrected chi connectivity index (χ0v) is 21.5. The number of hydrogen-bond acceptors (Lipinski definition) is 12. The molecule has 0 atom stereocenters. The van der Waals surface area contributed by atoms with Gasteiger partial charge in [0.15, 0.2) is 11.5 Å². The molecule has 1 aliphatic rings. The number of benzene rings is 2. The van der Waals surface area contributed by atoms with Crippen molar-refractivity contribution in [3.05, 3.63) is 59.7 Å². The van der Waals surface area contributed by atoms with Gasteiger partial charge in [-0.15, -0.1) is 0 Å². The molecule has 39 heavy (non-hydrogen) atoms. The number of hydrogen-bond donors (Lipinski definition) is 5. The van der Waals surface area contributed by atoms with Gasteiger partial charge in [-0.1, -0.05) is 24.3 Å². The van der Waals surface area contributed by atoms with Gasteiger partial charge in [-0.25, -0.2) is 0 Å². The first-order valence-corrected chi connectivity index (χ1v) is 12.7. The fraction of sp³-hybridized carbons (Fsp3) is 0.385. The van der Waals surface area contributed by atoms with Gasteiger partial charge in [0.1, 0.15) is 0 Å². The zero-order valence-electron chi connectivity index (χ0n) is 21.5. The van der Waals surface area contributed by atoms with Gasteiger partial charge in [-0.3, -0.25) is 4.79 Å². The van der Waals surface area contributed by atoms with E-state index >= 15 is 0 Å². The van der Waals surface area contributed by atoms with Gasteiger partial charge in [0.25, 0.3) is 5.91 Å².